The molecule has 0 aromatic rings. The quantitative estimate of drug-likeness (QED) is 0.742. The standard InChI is InChI=1S/C16H33N3O/c1-4-7-14(8-5-2)16(20)19-11-9-18(10-12-19)15(6-3)13-17/h14-15H,4-13,17H2,1-3H3. The van der Waals surface area contributed by atoms with E-state index >= 15 is 0 Å². The lowest BCUT2D eigenvalue weighted by molar-refractivity contribution is -0.138. The fourth-order valence-electron chi connectivity index (χ4n) is 3.23. The molecule has 118 valence electrons. The van der Waals surface area contributed by atoms with Gasteiger partial charge in [0.25, 0.3) is 0 Å². The lowest BCUT2D eigenvalue weighted by Gasteiger charge is -2.39. The van der Waals surface area contributed by atoms with Gasteiger partial charge in [0.15, 0.2) is 0 Å². The van der Waals surface area contributed by atoms with Gasteiger partial charge in [-0.1, -0.05) is 33.6 Å². The van der Waals surface area contributed by atoms with Crippen molar-refractivity contribution in [2.75, 3.05) is 32.7 Å². The zero-order valence-electron chi connectivity index (χ0n) is 13.6. The van der Waals surface area contributed by atoms with Crippen LogP contribution in [0.2, 0.25) is 0 Å². The third kappa shape index (κ3) is 4.74. The highest BCUT2D eigenvalue weighted by molar-refractivity contribution is 5.78. The molecule has 1 fully saturated rings. The van der Waals surface area contributed by atoms with E-state index in [-0.39, 0.29) is 5.92 Å². The minimum atomic E-state index is 0.244. The smallest absolute Gasteiger partial charge is 0.225 e. The van der Waals surface area contributed by atoms with Crippen LogP contribution in [-0.2, 0) is 4.79 Å². The van der Waals surface area contributed by atoms with Crippen LogP contribution in [0.4, 0.5) is 0 Å². The summed E-state index contributed by atoms with van der Waals surface area (Å²) in [6, 6.07) is 0.481. The van der Waals surface area contributed by atoms with E-state index in [1.165, 1.54) is 0 Å². The molecule has 0 spiro atoms. The summed E-state index contributed by atoms with van der Waals surface area (Å²) in [5.74, 6) is 0.627. The SMILES string of the molecule is CCCC(CCC)C(=O)N1CCN(C(CC)CN)CC1. The molecule has 0 aliphatic carbocycles. The summed E-state index contributed by atoms with van der Waals surface area (Å²) in [4.78, 5) is 17.1. The molecule has 0 saturated carbocycles. The highest BCUT2D eigenvalue weighted by Crippen LogP contribution is 2.18. The molecule has 1 heterocycles. The van der Waals surface area contributed by atoms with Crippen LogP contribution in [-0.4, -0.2) is 54.5 Å². The molecule has 0 radical (unpaired) electrons. The highest BCUT2D eigenvalue weighted by atomic mass is 16.2. The molecule has 1 rings (SSSR count). The van der Waals surface area contributed by atoms with E-state index in [9.17, 15) is 4.79 Å². The number of nitrogens with two attached hydrogens (primary N) is 1. The third-order valence-corrected chi connectivity index (χ3v) is 4.51. The fraction of sp³-hybridized carbons (Fsp3) is 0.938. The lowest BCUT2D eigenvalue weighted by atomic mass is 9.96. The van der Waals surface area contributed by atoms with Crippen molar-refractivity contribution < 1.29 is 4.79 Å². The average Bonchev–Trinajstić information content (AvgIpc) is 2.48. The third-order valence-electron chi connectivity index (χ3n) is 4.51. The molecule has 20 heavy (non-hydrogen) atoms. The summed E-state index contributed by atoms with van der Waals surface area (Å²) in [5.41, 5.74) is 5.81. The first-order chi connectivity index (χ1) is 9.67. The van der Waals surface area contributed by atoms with E-state index in [1.807, 2.05) is 0 Å². The number of rotatable bonds is 8. The molecule has 0 aromatic carbocycles. The Hall–Kier alpha value is -0.610. The largest absolute Gasteiger partial charge is 0.340 e. The maximum atomic E-state index is 12.6. The summed E-state index contributed by atoms with van der Waals surface area (Å²) >= 11 is 0. The molecule has 4 nitrogen and oxygen atoms in total. The van der Waals surface area contributed by atoms with Crippen molar-refractivity contribution in [1.82, 2.24) is 9.80 Å². The normalized spacial score (nSPS) is 18.6. The van der Waals surface area contributed by atoms with Gasteiger partial charge in [0.1, 0.15) is 0 Å². The van der Waals surface area contributed by atoms with Crippen LogP contribution in [0, 0.1) is 5.92 Å². The molecular weight excluding hydrogens is 250 g/mol. The second-order valence-corrected chi connectivity index (χ2v) is 5.93. The van der Waals surface area contributed by atoms with Crippen LogP contribution in [0.3, 0.4) is 0 Å². The fourth-order valence-corrected chi connectivity index (χ4v) is 3.23. The topological polar surface area (TPSA) is 49.6 Å². The molecule has 1 aliphatic heterocycles. The summed E-state index contributed by atoms with van der Waals surface area (Å²) < 4.78 is 0. The van der Waals surface area contributed by atoms with E-state index in [0.29, 0.717) is 11.9 Å². The first kappa shape index (κ1) is 17.4. The molecule has 4 heteroatoms. The van der Waals surface area contributed by atoms with E-state index in [4.69, 9.17) is 5.73 Å². The second kappa shape index (κ2) is 9.35. The van der Waals surface area contributed by atoms with Gasteiger partial charge in [0, 0.05) is 44.7 Å². The molecular formula is C16H33N3O. The van der Waals surface area contributed by atoms with Crippen LogP contribution >= 0.6 is 0 Å². The molecule has 1 aliphatic rings. The van der Waals surface area contributed by atoms with Crippen LogP contribution in [0.5, 0.6) is 0 Å². The van der Waals surface area contributed by atoms with Crippen molar-refractivity contribution in [1.29, 1.82) is 0 Å². The van der Waals surface area contributed by atoms with Gasteiger partial charge < -0.3 is 10.6 Å². The molecule has 1 saturated heterocycles. The number of nitrogens with zero attached hydrogens (tertiary/aromatic N) is 2. The van der Waals surface area contributed by atoms with Gasteiger partial charge in [-0.3, -0.25) is 9.69 Å². The molecule has 0 bridgehead atoms. The van der Waals surface area contributed by atoms with E-state index in [0.717, 1.165) is 64.8 Å². The Morgan fingerprint density at radius 2 is 1.60 bits per heavy atom. The van der Waals surface area contributed by atoms with Crippen molar-refractivity contribution in [3.8, 4) is 0 Å². The number of amides is 1. The predicted molar refractivity (Wildman–Crippen MR) is 84.6 cm³/mol. The average molecular weight is 283 g/mol. The minimum Gasteiger partial charge on any atom is -0.340 e. The first-order valence-corrected chi connectivity index (χ1v) is 8.40. The Morgan fingerprint density at radius 3 is 2.00 bits per heavy atom. The van der Waals surface area contributed by atoms with Crippen LogP contribution in [0.25, 0.3) is 0 Å². The van der Waals surface area contributed by atoms with Crippen molar-refractivity contribution in [3.05, 3.63) is 0 Å². The summed E-state index contributed by atoms with van der Waals surface area (Å²) in [7, 11) is 0. The van der Waals surface area contributed by atoms with E-state index in [1.54, 1.807) is 0 Å². The van der Waals surface area contributed by atoms with Gasteiger partial charge in [-0.15, -0.1) is 0 Å². The molecule has 1 atom stereocenters. The zero-order valence-corrected chi connectivity index (χ0v) is 13.6. The van der Waals surface area contributed by atoms with Crippen molar-refractivity contribution in [2.45, 2.75) is 58.9 Å². The summed E-state index contributed by atoms with van der Waals surface area (Å²) in [5, 5.41) is 0. The molecule has 0 aromatic heterocycles. The Kier molecular flexibility index (Phi) is 8.15. The number of carbonyl (C=O) groups is 1. The number of hydrogen-bond acceptors (Lipinski definition) is 3. The van der Waals surface area contributed by atoms with Gasteiger partial charge in [-0.25, -0.2) is 0 Å². The number of carbonyl (C=O) groups excluding carboxylic acids is 1. The Morgan fingerprint density at radius 1 is 1.05 bits per heavy atom. The highest BCUT2D eigenvalue weighted by Gasteiger charge is 2.28. The molecule has 1 unspecified atom stereocenters. The van der Waals surface area contributed by atoms with Gasteiger partial charge in [-0.2, -0.15) is 0 Å². The number of piperazine rings is 1. The first-order valence-electron chi connectivity index (χ1n) is 8.40. The van der Waals surface area contributed by atoms with Crippen LogP contribution < -0.4 is 5.73 Å². The zero-order chi connectivity index (χ0) is 15.0. The predicted octanol–water partition coefficient (Wildman–Crippen LogP) is 2.08. The monoisotopic (exact) mass is 283 g/mol. The molecule has 2 N–H and O–H groups in total. The van der Waals surface area contributed by atoms with E-state index < -0.39 is 0 Å². The van der Waals surface area contributed by atoms with Crippen LogP contribution in [0.1, 0.15) is 52.9 Å². The van der Waals surface area contributed by atoms with Crippen molar-refractivity contribution in [3.63, 3.8) is 0 Å². The summed E-state index contributed by atoms with van der Waals surface area (Å²) in [6.07, 6.45) is 5.36. The minimum absolute atomic E-state index is 0.244. The van der Waals surface area contributed by atoms with Crippen molar-refractivity contribution in [2.24, 2.45) is 11.7 Å². The number of hydrogen-bond donors (Lipinski definition) is 1. The second-order valence-electron chi connectivity index (χ2n) is 5.93. The Labute approximate surface area is 124 Å². The van der Waals surface area contributed by atoms with E-state index in [2.05, 4.69) is 30.6 Å². The van der Waals surface area contributed by atoms with Gasteiger partial charge in [0.2, 0.25) is 5.91 Å². The Balaban J connectivity index is 2.48. The summed E-state index contributed by atoms with van der Waals surface area (Å²) in [6.45, 7) is 11.0. The van der Waals surface area contributed by atoms with Gasteiger partial charge in [0.05, 0.1) is 0 Å². The lowest BCUT2D eigenvalue weighted by Crippen LogP contribution is -2.54. The van der Waals surface area contributed by atoms with Crippen molar-refractivity contribution >= 4 is 5.91 Å². The van der Waals surface area contributed by atoms with Gasteiger partial charge in [-0.05, 0) is 19.3 Å². The maximum Gasteiger partial charge on any atom is 0.225 e. The molecule has 1 amide bonds. The maximum absolute atomic E-state index is 12.6. The Bertz CT molecular complexity index is 265. The van der Waals surface area contributed by atoms with Crippen LogP contribution in [0.15, 0.2) is 0 Å². The van der Waals surface area contributed by atoms with Gasteiger partial charge >= 0.3 is 0 Å².